The fourth-order valence-electron chi connectivity index (χ4n) is 3.07. The van der Waals surface area contributed by atoms with Gasteiger partial charge in [-0.2, -0.15) is 4.31 Å². The third-order valence-corrected chi connectivity index (χ3v) is 6.47. The van der Waals surface area contributed by atoms with E-state index in [-0.39, 0.29) is 10.8 Å². The fourth-order valence-corrected chi connectivity index (χ4v) is 4.54. The molecule has 0 spiro atoms. The van der Waals surface area contributed by atoms with E-state index in [1.807, 2.05) is 7.05 Å². The molecule has 2 fully saturated rings. The second-order valence-electron chi connectivity index (χ2n) is 6.23. The normalized spacial score (nSPS) is 20.8. The highest BCUT2D eigenvalue weighted by molar-refractivity contribution is 7.89. The predicted octanol–water partition coefficient (Wildman–Crippen LogP) is 0.859. The van der Waals surface area contributed by atoms with E-state index in [4.69, 9.17) is 0 Å². The van der Waals surface area contributed by atoms with E-state index in [1.165, 1.54) is 10.4 Å². The number of hydrogen-bond acceptors (Lipinski definition) is 4. The zero-order valence-corrected chi connectivity index (χ0v) is 14.3. The highest BCUT2D eigenvalue weighted by Gasteiger charge is 2.28. The molecule has 0 N–H and O–H groups in total. The maximum atomic E-state index is 12.8. The van der Waals surface area contributed by atoms with Gasteiger partial charge in [-0.1, -0.05) is 6.07 Å². The van der Waals surface area contributed by atoms with Crippen LogP contribution in [0.5, 0.6) is 0 Å². The maximum Gasteiger partial charge on any atom is 0.253 e. The van der Waals surface area contributed by atoms with Crippen molar-refractivity contribution in [2.45, 2.75) is 17.7 Å². The van der Waals surface area contributed by atoms with Crippen LogP contribution in [0.4, 0.5) is 0 Å². The molecule has 1 amide bonds. The number of sulfonamides is 1. The first kappa shape index (κ1) is 16.4. The van der Waals surface area contributed by atoms with E-state index < -0.39 is 10.0 Å². The van der Waals surface area contributed by atoms with Crippen LogP contribution in [0.2, 0.25) is 0 Å². The molecular formula is C16H23N3O3S. The van der Waals surface area contributed by atoms with Gasteiger partial charge in [0.2, 0.25) is 10.0 Å². The summed E-state index contributed by atoms with van der Waals surface area (Å²) in [6, 6.07) is 6.46. The Balaban J connectivity index is 1.82. The molecule has 3 rings (SSSR count). The number of nitrogens with zero attached hydrogens (tertiary/aromatic N) is 3. The van der Waals surface area contributed by atoms with Crippen LogP contribution in [0, 0.1) is 0 Å². The molecule has 2 aliphatic heterocycles. The molecular weight excluding hydrogens is 314 g/mol. The number of carbonyl (C=O) groups excluding carboxylic acids is 1. The second kappa shape index (κ2) is 6.59. The Morgan fingerprint density at radius 1 is 1.00 bits per heavy atom. The van der Waals surface area contributed by atoms with Crippen molar-refractivity contribution in [3.8, 4) is 0 Å². The molecule has 0 unspecified atom stereocenters. The smallest absolute Gasteiger partial charge is 0.253 e. The van der Waals surface area contributed by atoms with Gasteiger partial charge in [0.1, 0.15) is 0 Å². The predicted molar refractivity (Wildman–Crippen MR) is 87.8 cm³/mol. The van der Waals surface area contributed by atoms with Crippen molar-refractivity contribution < 1.29 is 13.2 Å². The lowest BCUT2D eigenvalue weighted by molar-refractivity contribution is 0.0792. The molecule has 126 valence electrons. The molecule has 0 aromatic heterocycles. The zero-order chi connectivity index (χ0) is 16.4. The molecule has 1 aromatic carbocycles. The van der Waals surface area contributed by atoms with Crippen molar-refractivity contribution in [1.29, 1.82) is 0 Å². The zero-order valence-electron chi connectivity index (χ0n) is 13.4. The number of likely N-dealkylation sites (N-methyl/N-ethyl adjacent to an activating group) is 1. The van der Waals surface area contributed by atoms with E-state index in [1.54, 1.807) is 23.1 Å². The van der Waals surface area contributed by atoms with Gasteiger partial charge < -0.3 is 9.80 Å². The standard InChI is InChI=1S/C16H23N3O3S/c1-17-9-11-19(12-10-17)23(21,22)15-6-4-5-14(13-15)16(20)18-7-2-3-8-18/h4-6,13H,2-3,7-12H2,1H3. The molecule has 0 aliphatic carbocycles. The topological polar surface area (TPSA) is 60.9 Å². The molecule has 2 aliphatic rings. The van der Waals surface area contributed by atoms with Gasteiger partial charge in [0.15, 0.2) is 0 Å². The lowest BCUT2D eigenvalue weighted by atomic mass is 10.2. The Morgan fingerprint density at radius 3 is 2.30 bits per heavy atom. The van der Waals surface area contributed by atoms with Crippen molar-refractivity contribution in [3.05, 3.63) is 29.8 Å². The van der Waals surface area contributed by atoms with Crippen molar-refractivity contribution in [2.75, 3.05) is 46.3 Å². The van der Waals surface area contributed by atoms with E-state index in [0.717, 1.165) is 39.0 Å². The highest BCUT2D eigenvalue weighted by atomic mass is 32.2. The molecule has 0 bridgehead atoms. The Bertz CT molecular complexity index is 676. The molecule has 1 aromatic rings. The molecule has 2 saturated heterocycles. The summed E-state index contributed by atoms with van der Waals surface area (Å²) in [5.74, 6) is -0.0714. The van der Waals surface area contributed by atoms with Crippen molar-refractivity contribution in [3.63, 3.8) is 0 Å². The minimum Gasteiger partial charge on any atom is -0.339 e. The summed E-state index contributed by atoms with van der Waals surface area (Å²) in [5.41, 5.74) is 0.460. The van der Waals surface area contributed by atoms with Gasteiger partial charge in [-0.25, -0.2) is 8.42 Å². The highest BCUT2D eigenvalue weighted by Crippen LogP contribution is 2.20. The van der Waals surface area contributed by atoms with E-state index in [9.17, 15) is 13.2 Å². The largest absolute Gasteiger partial charge is 0.339 e. The SMILES string of the molecule is CN1CCN(S(=O)(=O)c2cccc(C(=O)N3CCCC3)c2)CC1. The van der Waals surface area contributed by atoms with Gasteiger partial charge in [0.05, 0.1) is 4.90 Å². The van der Waals surface area contributed by atoms with Gasteiger partial charge in [0.25, 0.3) is 5.91 Å². The molecule has 0 radical (unpaired) electrons. The van der Waals surface area contributed by atoms with Crippen LogP contribution < -0.4 is 0 Å². The minimum absolute atomic E-state index is 0.0714. The van der Waals surface area contributed by atoms with Crippen LogP contribution in [0.25, 0.3) is 0 Å². The van der Waals surface area contributed by atoms with Gasteiger partial charge in [0, 0.05) is 44.8 Å². The average molecular weight is 337 g/mol. The van der Waals surface area contributed by atoms with Crippen molar-refractivity contribution in [1.82, 2.24) is 14.1 Å². The van der Waals surface area contributed by atoms with Crippen LogP contribution in [-0.4, -0.2) is 74.7 Å². The van der Waals surface area contributed by atoms with Crippen LogP contribution >= 0.6 is 0 Å². The number of amides is 1. The number of carbonyl (C=O) groups is 1. The lowest BCUT2D eigenvalue weighted by Gasteiger charge is -2.31. The average Bonchev–Trinajstić information content (AvgIpc) is 3.09. The van der Waals surface area contributed by atoms with Crippen LogP contribution in [0.15, 0.2) is 29.2 Å². The van der Waals surface area contributed by atoms with Gasteiger partial charge in [-0.15, -0.1) is 0 Å². The summed E-state index contributed by atoms with van der Waals surface area (Å²) >= 11 is 0. The first-order chi connectivity index (χ1) is 11.0. The fraction of sp³-hybridized carbons (Fsp3) is 0.562. The Labute approximate surface area is 137 Å². The Kier molecular flexibility index (Phi) is 4.70. The molecule has 0 saturated carbocycles. The summed E-state index contributed by atoms with van der Waals surface area (Å²) in [5, 5.41) is 0. The summed E-state index contributed by atoms with van der Waals surface area (Å²) in [6.45, 7) is 3.95. The molecule has 7 heteroatoms. The second-order valence-corrected chi connectivity index (χ2v) is 8.17. The van der Waals surface area contributed by atoms with Crippen LogP contribution in [0.1, 0.15) is 23.2 Å². The first-order valence-corrected chi connectivity index (χ1v) is 9.50. The minimum atomic E-state index is -3.53. The Hall–Kier alpha value is -1.44. The molecule has 6 nitrogen and oxygen atoms in total. The van der Waals surface area contributed by atoms with Crippen LogP contribution in [-0.2, 0) is 10.0 Å². The van der Waals surface area contributed by atoms with E-state index in [0.29, 0.717) is 18.7 Å². The van der Waals surface area contributed by atoms with E-state index in [2.05, 4.69) is 4.90 Å². The monoisotopic (exact) mass is 337 g/mol. The molecule has 2 heterocycles. The molecule has 0 atom stereocenters. The van der Waals surface area contributed by atoms with Crippen LogP contribution in [0.3, 0.4) is 0 Å². The third kappa shape index (κ3) is 3.41. The first-order valence-electron chi connectivity index (χ1n) is 8.06. The number of hydrogen-bond donors (Lipinski definition) is 0. The summed E-state index contributed by atoms with van der Waals surface area (Å²) in [7, 11) is -1.54. The summed E-state index contributed by atoms with van der Waals surface area (Å²) in [4.78, 5) is 16.6. The number of rotatable bonds is 3. The quantitative estimate of drug-likeness (QED) is 0.821. The number of likely N-dealkylation sites (tertiary alicyclic amines) is 1. The van der Waals surface area contributed by atoms with E-state index >= 15 is 0 Å². The number of benzene rings is 1. The van der Waals surface area contributed by atoms with Gasteiger partial charge in [-0.3, -0.25) is 4.79 Å². The van der Waals surface area contributed by atoms with Crippen molar-refractivity contribution in [2.24, 2.45) is 0 Å². The van der Waals surface area contributed by atoms with Gasteiger partial charge >= 0.3 is 0 Å². The number of piperazine rings is 1. The van der Waals surface area contributed by atoms with Crippen molar-refractivity contribution >= 4 is 15.9 Å². The summed E-state index contributed by atoms with van der Waals surface area (Å²) in [6.07, 6.45) is 2.04. The third-order valence-electron chi connectivity index (χ3n) is 4.57. The molecule has 23 heavy (non-hydrogen) atoms. The summed E-state index contributed by atoms with van der Waals surface area (Å²) < 4.78 is 27.1. The Morgan fingerprint density at radius 2 is 1.65 bits per heavy atom. The maximum absolute atomic E-state index is 12.8. The van der Waals surface area contributed by atoms with Gasteiger partial charge in [-0.05, 0) is 38.1 Å². The lowest BCUT2D eigenvalue weighted by Crippen LogP contribution is -2.47.